The SMILES string of the molecule is COCN1C(=O)C(C)=CC1O/C=C1/C(=O)NC2c3ccccc3CC12. The number of hydrogen-bond acceptors (Lipinski definition) is 4. The van der Waals surface area contributed by atoms with Crippen LogP contribution >= 0.6 is 0 Å². The van der Waals surface area contributed by atoms with Crippen molar-refractivity contribution in [2.75, 3.05) is 13.8 Å². The first-order chi connectivity index (χ1) is 12.1. The van der Waals surface area contributed by atoms with Gasteiger partial charge < -0.3 is 14.8 Å². The van der Waals surface area contributed by atoms with Gasteiger partial charge in [0.05, 0.1) is 17.9 Å². The van der Waals surface area contributed by atoms with Crippen molar-refractivity contribution < 1.29 is 19.1 Å². The number of benzene rings is 1. The fraction of sp³-hybridized carbons (Fsp3) is 0.368. The van der Waals surface area contributed by atoms with Gasteiger partial charge in [-0.15, -0.1) is 0 Å². The second kappa shape index (κ2) is 6.04. The lowest BCUT2D eigenvalue weighted by molar-refractivity contribution is -0.139. The molecule has 3 unspecified atom stereocenters. The average molecular weight is 340 g/mol. The lowest BCUT2D eigenvalue weighted by atomic mass is 9.97. The van der Waals surface area contributed by atoms with Crippen LogP contribution in [0.1, 0.15) is 24.1 Å². The van der Waals surface area contributed by atoms with Crippen molar-refractivity contribution in [3.63, 3.8) is 0 Å². The van der Waals surface area contributed by atoms with Crippen molar-refractivity contribution in [2.24, 2.45) is 5.92 Å². The number of fused-ring (bicyclic) bond motifs is 3. The van der Waals surface area contributed by atoms with Crippen LogP contribution in [0.5, 0.6) is 0 Å². The number of nitrogens with one attached hydrogen (secondary N) is 1. The summed E-state index contributed by atoms with van der Waals surface area (Å²) >= 11 is 0. The fourth-order valence-electron chi connectivity index (χ4n) is 3.84. The molecule has 1 aliphatic carbocycles. The highest BCUT2D eigenvalue weighted by Crippen LogP contribution is 2.44. The maximum atomic E-state index is 12.4. The summed E-state index contributed by atoms with van der Waals surface area (Å²) in [6.07, 6.45) is 3.53. The Balaban J connectivity index is 1.54. The van der Waals surface area contributed by atoms with Gasteiger partial charge in [-0.2, -0.15) is 0 Å². The van der Waals surface area contributed by atoms with Crippen molar-refractivity contribution in [2.45, 2.75) is 25.6 Å². The Kier molecular flexibility index (Phi) is 3.84. The number of nitrogens with zero attached hydrogens (tertiary/aromatic N) is 1. The molecule has 2 aliphatic heterocycles. The second-order valence-electron chi connectivity index (χ2n) is 6.60. The van der Waals surface area contributed by atoms with Gasteiger partial charge in [0.25, 0.3) is 11.8 Å². The third kappa shape index (κ3) is 2.53. The summed E-state index contributed by atoms with van der Waals surface area (Å²) in [6.45, 7) is 1.89. The lowest BCUT2D eigenvalue weighted by Crippen LogP contribution is -2.37. The molecular weight excluding hydrogens is 320 g/mol. The minimum absolute atomic E-state index is 0.0103. The molecule has 3 aliphatic rings. The molecule has 2 amide bonds. The molecule has 1 fully saturated rings. The van der Waals surface area contributed by atoms with Crippen LogP contribution in [-0.2, 0) is 25.5 Å². The van der Waals surface area contributed by atoms with E-state index in [9.17, 15) is 9.59 Å². The molecule has 0 saturated carbocycles. The molecule has 2 heterocycles. The molecule has 0 spiro atoms. The summed E-state index contributed by atoms with van der Waals surface area (Å²) < 4.78 is 10.9. The number of rotatable bonds is 4. The van der Waals surface area contributed by atoms with E-state index in [0.29, 0.717) is 11.1 Å². The quantitative estimate of drug-likeness (QED) is 0.668. The van der Waals surface area contributed by atoms with Crippen LogP contribution in [0.4, 0.5) is 0 Å². The monoisotopic (exact) mass is 340 g/mol. The summed E-state index contributed by atoms with van der Waals surface area (Å²) in [6, 6.07) is 8.18. The van der Waals surface area contributed by atoms with Crippen LogP contribution < -0.4 is 5.32 Å². The van der Waals surface area contributed by atoms with Gasteiger partial charge in [0, 0.05) is 18.6 Å². The molecule has 0 aromatic heterocycles. The molecule has 0 bridgehead atoms. The zero-order valence-electron chi connectivity index (χ0n) is 14.2. The smallest absolute Gasteiger partial charge is 0.254 e. The maximum absolute atomic E-state index is 12.4. The highest BCUT2D eigenvalue weighted by molar-refractivity contribution is 5.97. The third-order valence-corrected chi connectivity index (χ3v) is 5.08. The van der Waals surface area contributed by atoms with Gasteiger partial charge >= 0.3 is 0 Å². The van der Waals surface area contributed by atoms with Gasteiger partial charge in [-0.3, -0.25) is 14.5 Å². The lowest BCUT2D eigenvalue weighted by Gasteiger charge is -2.23. The minimum atomic E-state index is -0.546. The second-order valence-corrected chi connectivity index (χ2v) is 6.60. The van der Waals surface area contributed by atoms with Crippen LogP contribution in [-0.4, -0.2) is 36.8 Å². The first kappa shape index (κ1) is 15.9. The van der Waals surface area contributed by atoms with Gasteiger partial charge in [0.1, 0.15) is 6.73 Å². The van der Waals surface area contributed by atoms with Crippen LogP contribution in [0.3, 0.4) is 0 Å². The zero-order chi connectivity index (χ0) is 17.6. The summed E-state index contributed by atoms with van der Waals surface area (Å²) in [7, 11) is 1.53. The van der Waals surface area contributed by atoms with E-state index in [4.69, 9.17) is 9.47 Å². The molecule has 0 radical (unpaired) electrons. The summed E-state index contributed by atoms with van der Waals surface area (Å²) in [5.41, 5.74) is 3.68. The summed E-state index contributed by atoms with van der Waals surface area (Å²) in [4.78, 5) is 25.9. The van der Waals surface area contributed by atoms with E-state index in [1.807, 2.05) is 12.1 Å². The van der Waals surface area contributed by atoms with Gasteiger partial charge in [-0.05, 0) is 30.5 Å². The Morgan fingerprint density at radius 3 is 2.92 bits per heavy atom. The molecule has 3 atom stereocenters. The summed E-state index contributed by atoms with van der Waals surface area (Å²) in [5.74, 6) is -0.150. The predicted octanol–water partition coefficient (Wildman–Crippen LogP) is 1.65. The molecule has 6 heteroatoms. The Bertz CT molecular complexity index is 798. The van der Waals surface area contributed by atoms with E-state index < -0.39 is 6.23 Å². The van der Waals surface area contributed by atoms with Gasteiger partial charge in [0.2, 0.25) is 0 Å². The van der Waals surface area contributed by atoms with Gasteiger partial charge in [0.15, 0.2) is 6.23 Å². The molecule has 1 saturated heterocycles. The molecule has 1 aromatic carbocycles. The van der Waals surface area contributed by atoms with Crippen LogP contribution in [0.2, 0.25) is 0 Å². The van der Waals surface area contributed by atoms with Crippen LogP contribution in [0.15, 0.2) is 47.7 Å². The molecule has 4 rings (SSSR count). The number of methoxy groups -OCH3 is 1. The zero-order valence-corrected chi connectivity index (χ0v) is 14.2. The molecular formula is C19H20N2O4. The Labute approximate surface area is 146 Å². The maximum Gasteiger partial charge on any atom is 0.254 e. The highest BCUT2D eigenvalue weighted by Gasteiger charge is 2.44. The standard InChI is InChI=1S/C19H20N2O4/c1-11-7-16(21(10-24-2)19(11)23)25-9-15-14-8-12-5-3-4-6-13(12)17(14)20-18(15)22/h3-7,9,14,16-17H,8,10H2,1-2H3,(H,20,22)/b15-9+. The average Bonchev–Trinajstić information content (AvgIpc) is 3.19. The van der Waals surface area contributed by atoms with E-state index >= 15 is 0 Å². The van der Waals surface area contributed by atoms with E-state index in [1.165, 1.54) is 29.4 Å². The Morgan fingerprint density at radius 2 is 2.12 bits per heavy atom. The normalized spacial score (nSPS) is 28.9. The predicted molar refractivity (Wildman–Crippen MR) is 90.0 cm³/mol. The third-order valence-electron chi connectivity index (χ3n) is 5.08. The number of amides is 2. The molecule has 1 N–H and O–H groups in total. The van der Waals surface area contributed by atoms with Gasteiger partial charge in [-0.1, -0.05) is 24.3 Å². The Hall–Kier alpha value is -2.60. The van der Waals surface area contributed by atoms with Gasteiger partial charge in [-0.25, -0.2) is 0 Å². The van der Waals surface area contributed by atoms with Crippen molar-refractivity contribution >= 4 is 11.8 Å². The minimum Gasteiger partial charge on any atom is -0.474 e. The Morgan fingerprint density at radius 1 is 1.32 bits per heavy atom. The highest BCUT2D eigenvalue weighted by atomic mass is 16.5. The summed E-state index contributed by atoms with van der Waals surface area (Å²) in [5, 5.41) is 3.04. The van der Waals surface area contributed by atoms with Crippen molar-refractivity contribution in [1.29, 1.82) is 0 Å². The molecule has 130 valence electrons. The van der Waals surface area contributed by atoms with Crippen molar-refractivity contribution in [3.8, 4) is 0 Å². The number of hydrogen-bond donors (Lipinski definition) is 1. The fourth-order valence-corrected chi connectivity index (χ4v) is 3.84. The number of ether oxygens (including phenoxy) is 2. The largest absolute Gasteiger partial charge is 0.474 e. The van der Waals surface area contributed by atoms with E-state index in [-0.39, 0.29) is 30.5 Å². The van der Waals surface area contributed by atoms with E-state index in [1.54, 1.807) is 13.0 Å². The first-order valence-electron chi connectivity index (χ1n) is 8.32. The first-order valence-corrected chi connectivity index (χ1v) is 8.32. The van der Waals surface area contributed by atoms with Crippen LogP contribution in [0, 0.1) is 5.92 Å². The van der Waals surface area contributed by atoms with Crippen molar-refractivity contribution in [3.05, 3.63) is 58.9 Å². The number of carbonyl (C=O) groups excluding carboxylic acids is 2. The van der Waals surface area contributed by atoms with E-state index in [0.717, 1.165) is 6.42 Å². The van der Waals surface area contributed by atoms with Crippen LogP contribution in [0.25, 0.3) is 0 Å². The topological polar surface area (TPSA) is 67.9 Å². The molecule has 6 nitrogen and oxygen atoms in total. The molecule has 1 aromatic rings. The van der Waals surface area contributed by atoms with Crippen molar-refractivity contribution in [1.82, 2.24) is 10.2 Å². The number of carbonyl (C=O) groups is 2. The van der Waals surface area contributed by atoms with E-state index in [2.05, 4.69) is 17.4 Å². The molecule has 25 heavy (non-hydrogen) atoms.